The van der Waals surface area contributed by atoms with Crippen LogP contribution in [0.15, 0.2) is 41.3 Å². The summed E-state index contributed by atoms with van der Waals surface area (Å²) in [4.78, 5) is 31.6. The number of aryl methyl sites for hydroxylation is 2. The second-order valence-corrected chi connectivity index (χ2v) is 6.46. The Labute approximate surface area is 150 Å². The van der Waals surface area contributed by atoms with Crippen molar-refractivity contribution >= 4 is 5.91 Å². The van der Waals surface area contributed by atoms with Crippen LogP contribution in [-0.2, 0) is 6.42 Å². The molecular weight excluding hydrogens is 330 g/mol. The van der Waals surface area contributed by atoms with E-state index in [1.807, 2.05) is 51.1 Å². The number of H-pyrrole nitrogens is 2. The predicted octanol–water partition coefficient (Wildman–Crippen LogP) is 2.14. The number of rotatable bonds is 5. The van der Waals surface area contributed by atoms with Crippen LogP contribution in [0.3, 0.4) is 0 Å². The molecule has 0 aliphatic carbocycles. The molecule has 26 heavy (non-hydrogen) atoms. The summed E-state index contributed by atoms with van der Waals surface area (Å²) in [5, 5.41) is 9.82. The molecule has 3 aromatic rings. The summed E-state index contributed by atoms with van der Waals surface area (Å²) in [5.41, 5.74) is 3.26. The minimum Gasteiger partial charge on any atom is -0.349 e. The quantitative estimate of drug-likeness (QED) is 0.655. The van der Waals surface area contributed by atoms with Gasteiger partial charge in [-0.1, -0.05) is 29.8 Å². The molecule has 2 aromatic heterocycles. The molecule has 0 saturated carbocycles. The lowest BCUT2D eigenvalue weighted by atomic mass is 10.1. The summed E-state index contributed by atoms with van der Waals surface area (Å²) in [7, 11) is 0. The zero-order valence-electron chi connectivity index (χ0n) is 15.0. The number of carbonyl (C=O) groups is 1. The third kappa shape index (κ3) is 4.05. The zero-order valence-corrected chi connectivity index (χ0v) is 15.0. The molecule has 3 rings (SSSR count). The SMILES string of the molecule is Cc1ccc(-c2ncc(C(=O)N[C@H](C)Cc3cc(C)[nH]n3)c(=O)[nH]2)cc1. The second-order valence-electron chi connectivity index (χ2n) is 6.46. The molecule has 0 radical (unpaired) electrons. The summed E-state index contributed by atoms with van der Waals surface area (Å²) in [6.45, 7) is 5.77. The van der Waals surface area contributed by atoms with Crippen molar-refractivity contribution in [3.63, 3.8) is 0 Å². The number of hydrogen-bond acceptors (Lipinski definition) is 4. The summed E-state index contributed by atoms with van der Waals surface area (Å²) >= 11 is 0. The van der Waals surface area contributed by atoms with Gasteiger partial charge in [0.15, 0.2) is 0 Å². The van der Waals surface area contributed by atoms with Gasteiger partial charge in [0.05, 0.1) is 5.69 Å². The largest absolute Gasteiger partial charge is 0.349 e. The van der Waals surface area contributed by atoms with E-state index in [2.05, 4.69) is 25.5 Å². The Morgan fingerprint density at radius 3 is 2.58 bits per heavy atom. The van der Waals surface area contributed by atoms with Crippen molar-refractivity contribution in [3.05, 3.63) is 69.4 Å². The Kier molecular flexibility index (Phi) is 4.97. The topological polar surface area (TPSA) is 104 Å². The molecule has 2 heterocycles. The van der Waals surface area contributed by atoms with Crippen LogP contribution in [-0.4, -0.2) is 32.1 Å². The molecule has 1 atom stereocenters. The van der Waals surface area contributed by atoms with Crippen LogP contribution in [0.1, 0.15) is 34.2 Å². The molecule has 0 bridgehead atoms. The molecule has 1 amide bonds. The smallest absolute Gasteiger partial charge is 0.264 e. The van der Waals surface area contributed by atoms with E-state index in [0.717, 1.165) is 22.5 Å². The maximum atomic E-state index is 12.4. The van der Waals surface area contributed by atoms with Crippen LogP contribution in [0.4, 0.5) is 0 Å². The third-order valence-electron chi connectivity index (χ3n) is 4.02. The maximum absolute atomic E-state index is 12.4. The summed E-state index contributed by atoms with van der Waals surface area (Å²) < 4.78 is 0. The number of hydrogen-bond donors (Lipinski definition) is 3. The number of aromatic amines is 2. The standard InChI is InChI=1S/C19H21N5O2/c1-11-4-6-14(7-5-11)17-20-10-16(19(26)22-17)18(25)21-12(2)8-15-9-13(3)23-24-15/h4-7,9-10,12H,8H2,1-3H3,(H,21,25)(H,23,24)(H,20,22,26)/t12-/m1/s1. The fourth-order valence-electron chi connectivity index (χ4n) is 2.66. The number of aromatic nitrogens is 4. The summed E-state index contributed by atoms with van der Waals surface area (Å²) in [6.07, 6.45) is 1.89. The van der Waals surface area contributed by atoms with Gasteiger partial charge < -0.3 is 10.3 Å². The van der Waals surface area contributed by atoms with E-state index in [9.17, 15) is 9.59 Å². The molecular formula is C19H21N5O2. The highest BCUT2D eigenvalue weighted by Gasteiger charge is 2.16. The van der Waals surface area contributed by atoms with E-state index in [1.165, 1.54) is 6.20 Å². The van der Waals surface area contributed by atoms with E-state index in [4.69, 9.17) is 0 Å². The van der Waals surface area contributed by atoms with Crippen LogP contribution in [0.25, 0.3) is 11.4 Å². The van der Waals surface area contributed by atoms with Gasteiger partial charge in [-0.05, 0) is 26.8 Å². The fraction of sp³-hybridized carbons (Fsp3) is 0.263. The molecule has 7 heteroatoms. The van der Waals surface area contributed by atoms with Crippen molar-refractivity contribution < 1.29 is 4.79 Å². The Hall–Kier alpha value is -3.22. The van der Waals surface area contributed by atoms with Gasteiger partial charge in [-0.15, -0.1) is 0 Å². The van der Waals surface area contributed by atoms with Gasteiger partial charge in [-0.3, -0.25) is 14.7 Å². The predicted molar refractivity (Wildman–Crippen MR) is 99.0 cm³/mol. The summed E-state index contributed by atoms with van der Waals surface area (Å²) in [5.74, 6) is -0.0134. The number of amides is 1. The van der Waals surface area contributed by atoms with Crippen molar-refractivity contribution in [1.29, 1.82) is 0 Å². The van der Waals surface area contributed by atoms with Crippen LogP contribution in [0.5, 0.6) is 0 Å². The van der Waals surface area contributed by atoms with E-state index < -0.39 is 11.5 Å². The average molecular weight is 351 g/mol. The molecule has 7 nitrogen and oxygen atoms in total. The van der Waals surface area contributed by atoms with Crippen molar-refractivity contribution in [1.82, 2.24) is 25.5 Å². The highest BCUT2D eigenvalue weighted by molar-refractivity contribution is 5.93. The number of nitrogens with one attached hydrogen (secondary N) is 3. The molecule has 0 spiro atoms. The number of benzene rings is 1. The lowest BCUT2D eigenvalue weighted by molar-refractivity contribution is 0.0938. The lowest BCUT2D eigenvalue weighted by Gasteiger charge is -2.12. The van der Waals surface area contributed by atoms with Gasteiger partial charge in [-0.25, -0.2) is 4.98 Å². The van der Waals surface area contributed by atoms with Gasteiger partial charge in [-0.2, -0.15) is 5.10 Å². The Bertz CT molecular complexity index is 972. The first-order valence-electron chi connectivity index (χ1n) is 8.40. The molecule has 0 fully saturated rings. The van der Waals surface area contributed by atoms with Crippen LogP contribution in [0, 0.1) is 13.8 Å². The average Bonchev–Trinajstić information content (AvgIpc) is 2.99. The van der Waals surface area contributed by atoms with E-state index in [1.54, 1.807) is 0 Å². The highest BCUT2D eigenvalue weighted by Crippen LogP contribution is 2.13. The van der Waals surface area contributed by atoms with Gasteiger partial charge in [0.25, 0.3) is 11.5 Å². The monoisotopic (exact) mass is 351 g/mol. The van der Waals surface area contributed by atoms with Crippen molar-refractivity contribution in [2.75, 3.05) is 0 Å². The molecule has 3 N–H and O–H groups in total. The normalized spacial score (nSPS) is 12.0. The first-order valence-corrected chi connectivity index (χ1v) is 8.40. The molecule has 134 valence electrons. The van der Waals surface area contributed by atoms with E-state index in [0.29, 0.717) is 12.2 Å². The van der Waals surface area contributed by atoms with Gasteiger partial charge in [0, 0.05) is 29.9 Å². The van der Waals surface area contributed by atoms with E-state index >= 15 is 0 Å². The lowest BCUT2D eigenvalue weighted by Crippen LogP contribution is -2.37. The molecule has 0 saturated heterocycles. The van der Waals surface area contributed by atoms with Crippen molar-refractivity contribution in [3.8, 4) is 11.4 Å². The molecule has 0 aliphatic heterocycles. The van der Waals surface area contributed by atoms with E-state index in [-0.39, 0.29) is 11.6 Å². The van der Waals surface area contributed by atoms with Gasteiger partial charge in [0.2, 0.25) is 0 Å². The fourth-order valence-corrected chi connectivity index (χ4v) is 2.66. The van der Waals surface area contributed by atoms with Crippen molar-refractivity contribution in [2.45, 2.75) is 33.2 Å². The van der Waals surface area contributed by atoms with Crippen LogP contribution < -0.4 is 10.9 Å². The first kappa shape index (κ1) is 17.6. The minimum absolute atomic E-state index is 0.00841. The van der Waals surface area contributed by atoms with Crippen molar-refractivity contribution in [2.24, 2.45) is 0 Å². The summed E-state index contributed by atoms with van der Waals surface area (Å²) in [6, 6.07) is 9.39. The van der Waals surface area contributed by atoms with Crippen LogP contribution in [0.2, 0.25) is 0 Å². The van der Waals surface area contributed by atoms with Gasteiger partial charge >= 0.3 is 0 Å². The Balaban J connectivity index is 1.71. The van der Waals surface area contributed by atoms with Gasteiger partial charge in [0.1, 0.15) is 11.4 Å². The third-order valence-corrected chi connectivity index (χ3v) is 4.02. The second kappa shape index (κ2) is 7.35. The highest BCUT2D eigenvalue weighted by atomic mass is 16.2. The first-order chi connectivity index (χ1) is 12.4. The zero-order chi connectivity index (χ0) is 18.7. The molecule has 0 aliphatic rings. The Morgan fingerprint density at radius 2 is 1.96 bits per heavy atom. The maximum Gasteiger partial charge on any atom is 0.264 e. The Morgan fingerprint density at radius 1 is 1.23 bits per heavy atom. The minimum atomic E-state index is -0.462. The number of carbonyl (C=O) groups excluding carboxylic acids is 1. The number of nitrogens with zero attached hydrogens (tertiary/aromatic N) is 2. The molecule has 0 unspecified atom stereocenters. The van der Waals surface area contributed by atoms with Crippen LogP contribution >= 0.6 is 0 Å². The molecule has 1 aromatic carbocycles.